The lowest BCUT2D eigenvalue weighted by atomic mass is 9.96. The molecule has 0 aromatic heterocycles. The van der Waals surface area contributed by atoms with Crippen LogP contribution in [0.2, 0.25) is 0 Å². The Morgan fingerprint density at radius 1 is 1.38 bits per heavy atom. The van der Waals surface area contributed by atoms with Crippen molar-refractivity contribution in [3.8, 4) is 12.3 Å². The molecule has 2 rings (SSSR count). The fourth-order valence-electron chi connectivity index (χ4n) is 2.34. The first kappa shape index (κ1) is 15.1. The summed E-state index contributed by atoms with van der Waals surface area (Å²) in [5, 5.41) is 11.5. The summed E-state index contributed by atoms with van der Waals surface area (Å²) >= 11 is 0. The Balaban J connectivity index is 2.52. The number of aliphatic hydroxyl groups is 1. The molecule has 21 heavy (non-hydrogen) atoms. The summed E-state index contributed by atoms with van der Waals surface area (Å²) in [6.45, 7) is 7.85. The maximum absolute atomic E-state index is 9.89. The van der Waals surface area contributed by atoms with Crippen LogP contribution in [0.1, 0.15) is 19.4 Å². The van der Waals surface area contributed by atoms with Gasteiger partial charge in [-0.3, -0.25) is 4.84 Å². The molecule has 1 aliphatic heterocycles. The van der Waals surface area contributed by atoms with Crippen LogP contribution in [0.4, 0.5) is 0 Å². The number of hydroxylamine groups is 2. The molecule has 0 fully saturated rings. The van der Waals surface area contributed by atoms with Crippen molar-refractivity contribution in [1.29, 1.82) is 0 Å². The van der Waals surface area contributed by atoms with Gasteiger partial charge in [-0.05, 0) is 25.5 Å². The molecule has 1 aromatic carbocycles. The van der Waals surface area contributed by atoms with Gasteiger partial charge in [-0.25, -0.2) is 5.06 Å². The van der Waals surface area contributed by atoms with Crippen molar-refractivity contribution in [3.05, 3.63) is 65.4 Å². The first-order valence-corrected chi connectivity index (χ1v) is 6.78. The lowest BCUT2D eigenvalue weighted by molar-refractivity contribution is -0.0644. The van der Waals surface area contributed by atoms with E-state index in [1.165, 1.54) is 0 Å². The van der Waals surface area contributed by atoms with Gasteiger partial charge in [-0.15, -0.1) is 6.42 Å². The highest BCUT2D eigenvalue weighted by atomic mass is 16.7. The quantitative estimate of drug-likeness (QED) is 0.861. The van der Waals surface area contributed by atoms with Gasteiger partial charge in [-0.1, -0.05) is 42.8 Å². The number of hydrogen-bond acceptors (Lipinski definition) is 3. The van der Waals surface area contributed by atoms with Gasteiger partial charge in [0.2, 0.25) is 0 Å². The van der Waals surface area contributed by atoms with Crippen molar-refractivity contribution in [2.24, 2.45) is 0 Å². The average molecular weight is 281 g/mol. The highest BCUT2D eigenvalue weighted by molar-refractivity contribution is 5.73. The molecule has 1 N–H and O–H groups in total. The minimum absolute atomic E-state index is 0.135. The van der Waals surface area contributed by atoms with Gasteiger partial charge in [0, 0.05) is 11.1 Å². The van der Waals surface area contributed by atoms with E-state index in [2.05, 4.69) is 12.5 Å². The third-order valence-electron chi connectivity index (χ3n) is 3.30. The Hall–Kier alpha value is -2.28. The van der Waals surface area contributed by atoms with E-state index in [1.54, 1.807) is 12.0 Å². The first-order chi connectivity index (χ1) is 10.1. The number of benzene rings is 1. The molecule has 0 bridgehead atoms. The molecule has 1 aliphatic rings. The molecule has 108 valence electrons. The molecule has 3 nitrogen and oxygen atoms in total. The Kier molecular flexibility index (Phi) is 4.64. The Bertz CT molecular complexity index is 633. The van der Waals surface area contributed by atoms with Crippen LogP contribution in [0.5, 0.6) is 0 Å². The van der Waals surface area contributed by atoms with E-state index >= 15 is 0 Å². The number of hydrogen-bond donors (Lipinski definition) is 1. The largest absolute Gasteiger partial charge is 0.389 e. The summed E-state index contributed by atoms with van der Waals surface area (Å²) in [6, 6.07) is 9.89. The number of rotatable bonds is 4. The fraction of sp³-hybridized carbons (Fsp3) is 0.222. The van der Waals surface area contributed by atoms with Crippen molar-refractivity contribution in [2.45, 2.75) is 20.0 Å². The van der Waals surface area contributed by atoms with Crippen molar-refractivity contribution in [1.82, 2.24) is 5.06 Å². The van der Waals surface area contributed by atoms with Crippen LogP contribution < -0.4 is 0 Å². The van der Waals surface area contributed by atoms with E-state index in [9.17, 15) is 5.11 Å². The van der Waals surface area contributed by atoms with Crippen LogP contribution in [0.15, 0.2) is 59.8 Å². The molecule has 0 spiro atoms. The molecular weight excluding hydrogens is 262 g/mol. The second-order valence-electron chi connectivity index (χ2n) is 4.89. The van der Waals surface area contributed by atoms with Crippen LogP contribution >= 0.6 is 0 Å². The van der Waals surface area contributed by atoms with Gasteiger partial charge in [0.25, 0.3) is 0 Å². The van der Waals surface area contributed by atoms with Gasteiger partial charge >= 0.3 is 0 Å². The topological polar surface area (TPSA) is 32.7 Å². The van der Waals surface area contributed by atoms with Gasteiger partial charge in [0.1, 0.15) is 6.61 Å². The third kappa shape index (κ3) is 3.08. The van der Waals surface area contributed by atoms with Crippen LogP contribution in [-0.2, 0) is 4.84 Å². The number of aliphatic hydroxyl groups excluding tert-OH is 1. The second-order valence-corrected chi connectivity index (χ2v) is 4.89. The van der Waals surface area contributed by atoms with Crippen molar-refractivity contribution >= 4 is 5.70 Å². The Labute approximate surface area is 125 Å². The molecule has 1 aromatic rings. The van der Waals surface area contributed by atoms with E-state index in [0.29, 0.717) is 5.70 Å². The monoisotopic (exact) mass is 281 g/mol. The normalized spacial score (nSPS) is 16.6. The van der Waals surface area contributed by atoms with Crippen LogP contribution in [0.3, 0.4) is 0 Å². The van der Waals surface area contributed by atoms with E-state index in [-0.39, 0.29) is 6.61 Å². The smallest absolute Gasteiger partial charge is 0.136 e. The van der Waals surface area contributed by atoms with Gasteiger partial charge in [0.15, 0.2) is 0 Å². The molecule has 3 heteroatoms. The van der Waals surface area contributed by atoms with Crippen LogP contribution in [0.25, 0.3) is 5.70 Å². The number of terminal acetylenes is 1. The van der Waals surface area contributed by atoms with Crippen LogP contribution in [-0.4, -0.2) is 22.9 Å². The number of nitrogens with zero attached hydrogens (tertiary/aromatic N) is 1. The summed E-state index contributed by atoms with van der Waals surface area (Å²) in [7, 11) is 0. The van der Waals surface area contributed by atoms with Gasteiger partial charge in [-0.2, -0.15) is 0 Å². The Morgan fingerprint density at radius 2 is 2.05 bits per heavy atom. The van der Waals surface area contributed by atoms with E-state index < -0.39 is 6.10 Å². The predicted octanol–water partition coefficient (Wildman–Crippen LogP) is 3.12. The third-order valence-corrected chi connectivity index (χ3v) is 3.30. The SMILES string of the molecule is C#CCON1C(=C)C(C(C)O)=CC(C)=C1c1ccccc1. The molecule has 1 heterocycles. The minimum Gasteiger partial charge on any atom is -0.389 e. The standard InChI is InChI=1S/C18H19NO2/c1-5-11-21-19-14(3)17(15(4)20)12-13(2)18(19)16-9-7-6-8-10-16/h1,6-10,12,15,20H,3,11H2,2,4H3. The number of allylic oxidation sites excluding steroid dienone is 2. The molecule has 0 radical (unpaired) electrons. The fourth-order valence-corrected chi connectivity index (χ4v) is 2.34. The minimum atomic E-state index is -0.623. The maximum Gasteiger partial charge on any atom is 0.136 e. The summed E-state index contributed by atoms with van der Waals surface area (Å²) in [5.41, 5.74) is 4.21. The van der Waals surface area contributed by atoms with Crippen molar-refractivity contribution in [3.63, 3.8) is 0 Å². The summed E-state index contributed by atoms with van der Waals surface area (Å²) in [5.74, 6) is 2.46. The van der Waals surface area contributed by atoms with Gasteiger partial charge in [0.05, 0.1) is 17.5 Å². The summed E-state index contributed by atoms with van der Waals surface area (Å²) in [4.78, 5) is 5.65. The first-order valence-electron chi connectivity index (χ1n) is 6.78. The van der Waals surface area contributed by atoms with Crippen molar-refractivity contribution < 1.29 is 9.94 Å². The predicted molar refractivity (Wildman–Crippen MR) is 84.6 cm³/mol. The van der Waals surface area contributed by atoms with Gasteiger partial charge < -0.3 is 5.11 Å². The molecule has 0 aliphatic carbocycles. The zero-order chi connectivity index (χ0) is 15.4. The molecule has 0 saturated heterocycles. The molecule has 0 saturated carbocycles. The van der Waals surface area contributed by atoms with E-state index in [4.69, 9.17) is 11.3 Å². The zero-order valence-corrected chi connectivity index (χ0v) is 12.3. The lowest BCUT2D eigenvalue weighted by Crippen LogP contribution is -2.29. The summed E-state index contributed by atoms with van der Waals surface area (Å²) in [6.07, 6.45) is 6.61. The van der Waals surface area contributed by atoms with E-state index in [1.807, 2.05) is 43.3 Å². The van der Waals surface area contributed by atoms with Crippen molar-refractivity contribution in [2.75, 3.05) is 6.61 Å². The molecule has 1 atom stereocenters. The second kappa shape index (κ2) is 6.45. The molecular formula is C18H19NO2. The molecule has 0 amide bonds. The maximum atomic E-state index is 9.89. The van der Waals surface area contributed by atoms with E-state index in [0.717, 1.165) is 22.4 Å². The lowest BCUT2D eigenvalue weighted by Gasteiger charge is -2.34. The average Bonchev–Trinajstić information content (AvgIpc) is 2.48. The Morgan fingerprint density at radius 3 is 2.62 bits per heavy atom. The van der Waals surface area contributed by atoms with Crippen LogP contribution in [0, 0.1) is 12.3 Å². The highest BCUT2D eigenvalue weighted by Gasteiger charge is 2.26. The highest BCUT2D eigenvalue weighted by Crippen LogP contribution is 2.35. The zero-order valence-electron chi connectivity index (χ0n) is 12.3. The molecule has 1 unspecified atom stereocenters. The summed E-state index contributed by atoms with van der Waals surface area (Å²) < 4.78 is 0.